The summed E-state index contributed by atoms with van der Waals surface area (Å²) in [4.78, 5) is 15.8. The Hall–Kier alpha value is -1.92. The summed E-state index contributed by atoms with van der Waals surface area (Å²) in [7, 11) is 0. The minimum atomic E-state index is -0.335. The Bertz CT molecular complexity index is 542. The van der Waals surface area contributed by atoms with Gasteiger partial charge in [0.1, 0.15) is 5.69 Å². The number of nitrogens with zero attached hydrogens (tertiary/aromatic N) is 1. The molecule has 1 atom stereocenters. The molecule has 1 amide bonds. The zero-order valence-electron chi connectivity index (χ0n) is 10.2. The number of anilines is 1. The van der Waals surface area contributed by atoms with Crippen LogP contribution in [0.3, 0.4) is 0 Å². The molecular formula is C13H15N3O2S. The zero-order chi connectivity index (χ0) is 13.7. The van der Waals surface area contributed by atoms with E-state index in [0.717, 1.165) is 5.56 Å². The van der Waals surface area contributed by atoms with Crippen LogP contribution in [0.25, 0.3) is 0 Å². The Kier molecular flexibility index (Phi) is 4.48. The maximum absolute atomic E-state index is 11.9. The van der Waals surface area contributed by atoms with Gasteiger partial charge in [0.25, 0.3) is 5.91 Å². The van der Waals surface area contributed by atoms with E-state index < -0.39 is 0 Å². The van der Waals surface area contributed by atoms with E-state index in [9.17, 15) is 9.90 Å². The van der Waals surface area contributed by atoms with E-state index in [1.807, 2.05) is 30.3 Å². The number of nitrogen functional groups attached to an aromatic ring is 1. The summed E-state index contributed by atoms with van der Waals surface area (Å²) in [6, 6.07) is 9.34. The lowest BCUT2D eigenvalue weighted by atomic mass is 10.1. The number of benzene rings is 1. The van der Waals surface area contributed by atoms with Gasteiger partial charge in [-0.2, -0.15) is 0 Å². The summed E-state index contributed by atoms with van der Waals surface area (Å²) in [6.45, 7) is -0.125. The molecule has 0 aliphatic heterocycles. The molecule has 4 N–H and O–H groups in total. The number of nitrogens with one attached hydrogen (secondary N) is 1. The lowest BCUT2D eigenvalue weighted by Gasteiger charge is -2.15. The van der Waals surface area contributed by atoms with Gasteiger partial charge >= 0.3 is 0 Å². The summed E-state index contributed by atoms with van der Waals surface area (Å²) >= 11 is 1.21. The summed E-state index contributed by atoms with van der Waals surface area (Å²) in [5.41, 5.74) is 6.82. The molecular weight excluding hydrogens is 262 g/mol. The molecule has 2 rings (SSSR count). The fourth-order valence-corrected chi connectivity index (χ4v) is 2.25. The number of hydrogen-bond acceptors (Lipinski definition) is 5. The smallest absolute Gasteiger partial charge is 0.271 e. The molecule has 6 heteroatoms. The average Bonchev–Trinajstić information content (AvgIpc) is 2.86. The van der Waals surface area contributed by atoms with Gasteiger partial charge in [-0.25, -0.2) is 4.98 Å². The van der Waals surface area contributed by atoms with Crippen LogP contribution in [-0.4, -0.2) is 28.6 Å². The SMILES string of the molecule is Nc1nc(C(=O)N[C@H](CO)Cc2ccccc2)cs1. The van der Waals surface area contributed by atoms with Gasteiger partial charge in [-0.1, -0.05) is 30.3 Å². The number of aliphatic hydroxyl groups excluding tert-OH is 1. The Labute approximate surface area is 115 Å². The maximum atomic E-state index is 11.9. The van der Waals surface area contributed by atoms with Crippen molar-refractivity contribution in [1.29, 1.82) is 0 Å². The third kappa shape index (κ3) is 3.77. The van der Waals surface area contributed by atoms with E-state index in [1.165, 1.54) is 11.3 Å². The number of carbonyl (C=O) groups excluding carboxylic acids is 1. The summed E-state index contributed by atoms with van der Waals surface area (Å²) < 4.78 is 0. The molecule has 2 aromatic rings. The topological polar surface area (TPSA) is 88.2 Å². The highest BCUT2D eigenvalue weighted by Crippen LogP contribution is 2.11. The van der Waals surface area contributed by atoms with Crippen LogP contribution in [-0.2, 0) is 6.42 Å². The van der Waals surface area contributed by atoms with Crippen molar-refractivity contribution in [3.63, 3.8) is 0 Å². The second-order valence-electron chi connectivity index (χ2n) is 4.11. The average molecular weight is 277 g/mol. The van der Waals surface area contributed by atoms with Crippen molar-refractivity contribution in [3.05, 3.63) is 47.0 Å². The van der Waals surface area contributed by atoms with E-state index in [-0.39, 0.29) is 24.2 Å². The van der Waals surface area contributed by atoms with Crippen molar-refractivity contribution in [3.8, 4) is 0 Å². The third-order valence-electron chi connectivity index (χ3n) is 2.64. The Morgan fingerprint density at radius 3 is 2.74 bits per heavy atom. The highest BCUT2D eigenvalue weighted by atomic mass is 32.1. The molecule has 100 valence electrons. The Morgan fingerprint density at radius 1 is 1.42 bits per heavy atom. The molecule has 1 aromatic carbocycles. The fourth-order valence-electron chi connectivity index (χ4n) is 1.71. The first-order valence-corrected chi connectivity index (χ1v) is 6.73. The number of hydrogen-bond donors (Lipinski definition) is 3. The van der Waals surface area contributed by atoms with Crippen LogP contribution in [0.15, 0.2) is 35.7 Å². The van der Waals surface area contributed by atoms with E-state index in [2.05, 4.69) is 10.3 Å². The Balaban J connectivity index is 1.97. The summed E-state index contributed by atoms with van der Waals surface area (Å²) in [6.07, 6.45) is 0.572. The molecule has 0 unspecified atom stereocenters. The first kappa shape index (κ1) is 13.5. The number of rotatable bonds is 5. The van der Waals surface area contributed by atoms with Gasteiger partial charge < -0.3 is 16.2 Å². The van der Waals surface area contributed by atoms with Crippen molar-refractivity contribution in [2.45, 2.75) is 12.5 Å². The number of nitrogens with two attached hydrogens (primary N) is 1. The predicted octanol–water partition coefficient (Wildman–Crippen LogP) is 1.06. The quantitative estimate of drug-likeness (QED) is 0.762. The number of amides is 1. The van der Waals surface area contributed by atoms with Crippen molar-refractivity contribution < 1.29 is 9.90 Å². The molecule has 0 saturated heterocycles. The van der Waals surface area contributed by atoms with Gasteiger partial charge in [0, 0.05) is 5.38 Å². The van der Waals surface area contributed by atoms with Crippen LogP contribution in [0.5, 0.6) is 0 Å². The highest BCUT2D eigenvalue weighted by molar-refractivity contribution is 7.13. The zero-order valence-corrected chi connectivity index (χ0v) is 11.1. The molecule has 0 aliphatic carbocycles. The standard InChI is InChI=1S/C13H15N3O2S/c14-13-16-11(8-19-13)12(18)15-10(7-17)6-9-4-2-1-3-5-9/h1-5,8,10,17H,6-7H2,(H2,14,16)(H,15,18)/t10-/m0/s1. The van der Waals surface area contributed by atoms with Crippen molar-refractivity contribution in [2.24, 2.45) is 0 Å². The van der Waals surface area contributed by atoms with Crippen LogP contribution >= 0.6 is 11.3 Å². The normalized spacial score (nSPS) is 12.1. The minimum Gasteiger partial charge on any atom is -0.394 e. The second-order valence-corrected chi connectivity index (χ2v) is 5.00. The van der Waals surface area contributed by atoms with Crippen LogP contribution < -0.4 is 11.1 Å². The largest absolute Gasteiger partial charge is 0.394 e. The second kappa shape index (κ2) is 6.31. The molecule has 19 heavy (non-hydrogen) atoms. The van der Waals surface area contributed by atoms with Crippen molar-refractivity contribution in [1.82, 2.24) is 10.3 Å². The first-order valence-electron chi connectivity index (χ1n) is 5.85. The van der Waals surface area contributed by atoms with Gasteiger partial charge in [0.2, 0.25) is 0 Å². The highest BCUT2D eigenvalue weighted by Gasteiger charge is 2.15. The summed E-state index contributed by atoms with van der Waals surface area (Å²) in [5, 5.41) is 14.0. The molecule has 0 fully saturated rings. The number of aliphatic hydroxyl groups is 1. The minimum absolute atomic E-state index is 0.125. The third-order valence-corrected chi connectivity index (χ3v) is 3.31. The van der Waals surface area contributed by atoms with Crippen LogP contribution in [0.1, 0.15) is 16.1 Å². The first-order chi connectivity index (χ1) is 9.19. The van der Waals surface area contributed by atoms with Gasteiger partial charge in [0.05, 0.1) is 12.6 Å². The molecule has 0 saturated carbocycles. The lowest BCUT2D eigenvalue weighted by molar-refractivity contribution is 0.0912. The van der Waals surface area contributed by atoms with Crippen LogP contribution in [0, 0.1) is 0 Å². The molecule has 1 heterocycles. The summed E-state index contributed by atoms with van der Waals surface area (Å²) in [5.74, 6) is -0.317. The van der Waals surface area contributed by atoms with Gasteiger partial charge in [-0.3, -0.25) is 4.79 Å². The van der Waals surface area contributed by atoms with Gasteiger partial charge in [0.15, 0.2) is 5.13 Å². The molecule has 0 aliphatic rings. The lowest BCUT2D eigenvalue weighted by Crippen LogP contribution is -2.39. The molecule has 1 aromatic heterocycles. The van der Waals surface area contributed by atoms with E-state index in [4.69, 9.17) is 5.73 Å². The molecule has 0 spiro atoms. The van der Waals surface area contributed by atoms with Gasteiger partial charge in [-0.05, 0) is 12.0 Å². The monoisotopic (exact) mass is 277 g/mol. The number of carbonyl (C=O) groups is 1. The van der Waals surface area contributed by atoms with Crippen LogP contribution in [0.2, 0.25) is 0 Å². The predicted molar refractivity (Wildman–Crippen MR) is 75.0 cm³/mol. The molecule has 5 nitrogen and oxygen atoms in total. The maximum Gasteiger partial charge on any atom is 0.271 e. The Morgan fingerprint density at radius 2 is 2.16 bits per heavy atom. The van der Waals surface area contributed by atoms with Crippen LogP contribution in [0.4, 0.5) is 5.13 Å². The fraction of sp³-hybridized carbons (Fsp3) is 0.231. The molecule has 0 bridgehead atoms. The molecule has 0 radical (unpaired) electrons. The van der Waals surface area contributed by atoms with Gasteiger partial charge in [-0.15, -0.1) is 11.3 Å². The van der Waals surface area contributed by atoms with Crippen molar-refractivity contribution in [2.75, 3.05) is 12.3 Å². The van der Waals surface area contributed by atoms with E-state index in [1.54, 1.807) is 5.38 Å². The van der Waals surface area contributed by atoms with E-state index >= 15 is 0 Å². The van der Waals surface area contributed by atoms with E-state index in [0.29, 0.717) is 11.6 Å². The van der Waals surface area contributed by atoms with Crippen molar-refractivity contribution >= 4 is 22.4 Å². The number of aromatic nitrogens is 1. The number of thiazole rings is 1.